The molecular formula is C20H25N3. The molecule has 0 radical (unpaired) electrons. The number of hydrogen-bond acceptors (Lipinski definition) is 2. The van der Waals surface area contributed by atoms with E-state index >= 15 is 0 Å². The summed E-state index contributed by atoms with van der Waals surface area (Å²) in [5, 5.41) is 3.54. The molecular weight excluding hydrogens is 282 g/mol. The van der Waals surface area contributed by atoms with Gasteiger partial charge in [0.05, 0.1) is 11.0 Å². The second-order valence-electron chi connectivity index (χ2n) is 6.02. The van der Waals surface area contributed by atoms with Crippen molar-refractivity contribution in [1.29, 1.82) is 0 Å². The number of fused-ring (bicyclic) bond motifs is 1. The molecule has 3 rings (SSSR count). The third-order valence-corrected chi connectivity index (χ3v) is 4.30. The molecule has 3 heteroatoms. The van der Waals surface area contributed by atoms with Gasteiger partial charge in [0.15, 0.2) is 0 Å². The predicted octanol–water partition coefficient (Wildman–Crippen LogP) is 3.73. The van der Waals surface area contributed by atoms with E-state index in [-0.39, 0.29) is 0 Å². The molecule has 0 saturated carbocycles. The molecule has 0 unspecified atom stereocenters. The minimum Gasteiger partial charge on any atom is -0.331 e. The van der Waals surface area contributed by atoms with Crippen molar-refractivity contribution in [3.8, 4) is 0 Å². The fourth-order valence-electron chi connectivity index (χ4n) is 2.98. The Bertz CT molecular complexity index is 731. The van der Waals surface area contributed by atoms with Crippen molar-refractivity contribution in [2.75, 3.05) is 13.1 Å². The summed E-state index contributed by atoms with van der Waals surface area (Å²) in [6.07, 6.45) is 4.49. The van der Waals surface area contributed by atoms with Crippen molar-refractivity contribution in [3.63, 3.8) is 0 Å². The van der Waals surface area contributed by atoms with Crippen LogP contribution in [-0.4, -0.2) is 22.6 Å². The Morgan fingerprint density at radius 2 is 1.57 bits per heavy atom. The van der Waals surface area contributed by atoms with Gasteiger partial charge < -0.3 is 9.88 Å². The van der Waals surface area contributed by atoms with Gasteiger partial charge in [-0.2, -0.15) is 0 Å². The van der Waals surface area contributed by atoms with Gasteiger partial charge >= 0.3 is 0 Å². The van der Waals surface area contributed by atoms with Crippen LogP contribution in [0.15, 0.2) is 54.6 Å². The summed E-state index contributed by atoms with van der Waals surface area (Å²) in [7, 11) is 2.11. The van der Waals surface area contributed by atoms with Gasteiger partial charge in [-0.1, -0.05) is 42.5 Å². The minimum absolute atomic E-state index is 1.02. The van der Waals surface area contributed by atoms with Gasteiger partial charge in [-0.05, 0) is 50.0 Å². The van der Waals surface area contributed by atoms with E-state index in [2.05, 4.69) is 65.5 Å². The van der Waals surface area contributed by atoms with Crippen molar-refractivity contribution in [2.45, 2.75) is 25.7 Å². The second kappa shape index (κ2) is 7.93. The maximum atomic E-state index is 4.72. The van der Waals surface area contributed by atoms with Crippen molar-refractivity contribution in [2.24, 2.45) is 7.05 Å². The number of aromatic nitrogens is 2. The van der Waals surface area contributed by atoms with Gasteiger partial charge in [0.25, 0.3) is 0 Å². The Morgan fingerprint density at radius 1 is 0.870 bits per heavy atom. The van der Waals surface area contributed by atoms with Crippen LogP contribution in [-0.2, 0) is 19.9 Å². The van der Waals surface area contributed by atoms with Crippen LogP contribution in [0, 0.1) is 0 Å². The highest BCUT2D eigenvalue weighted by molar-refractivity contribution is 5.75. The predicted molar refractivity (Wildman–Crippen MR) is 96.7 cm³/mol. The molecule has 23 heavy (non-hydrogen) atoms. The normalized spacial score (nSPS) is 11.2. The molecule has 0 aliphatic heterocycles. The highest BCUT2D eigenvalue weighted by atomic mass is 15.1. The number of para-hydroxylation sites is 2. The third kappa shape index (κ3) is 4.20. The summed E-state index contributed by atoms with van der Waals surface area (Å²) in [4.78, 5) is 4.72. The zero-order valence-electron chi connectivity index (χ0n) is 13.8. The first kappa shape index (κ1) is 15.8. The van der Waals surface area contributed by atoms with E-state index in [0.29, 0.717) is 0 Å². The zero-order valence-corrected chi connectivity index (χ0v) is 13.8. The van der Waals surface area contributed by atoms with Crippen molar-refractivity contribution in [3.05, 3.63) is 66.0 Å². The molecule has 0 aliphatic rings. The number of hydrogen-bond donors (Lipinski definition) is 1. The van der Waals surface area contributed by atoms with Gasteiger partial charge in [-0.25, -0.2) is 4.98 Å². The topological polar surface area (TPSA) is 29.9 Å². The van der Waals surface area contributed by atoms with Crippen LogP contribution in [0.4, 0.5) is 0 Å². The quantitative estimate of drug-likeness (QED) is 0.643. The molecule has 0 atom stereocenters. The Morgan fingerprint density at radius 3 is 2.35 bits per heavy atom. The number of nitrogens with zero attached hydrogens (tertiary/aromatic N) is 2. The molecule has 1 N–H and O–H groups in total. The molecule has 2 aromatic carbocycles. The first-order valence-corrected chi connectivity index (χ1v) is 8.49. The highest BCUT2D eigenvalue weighted by Crippen LogP contribution is 2.14. The Hall–Kier alpha value is -2.13. The standard InChI is InChI=1S/C20H25N3/c1-23-19-13-6-5-12-18(19)22-20(23)14-8-16-21-15-7-11-17-9-3-2-4-10-17/h2-6,9-10,12-13,21H,7-8,11,14-16H2,1H3. The maximum absolute atomic E-state index is 4.72. The molecule has 1 heterocycles. The number of rotatable bonds is 8. The summed E-state index contributed by atoms with van der Waals surface area (Å²) in [6.45, 7) is 2.13. The van der Waals surface area contributed by atoms with Crippen LogP contribution in [0.1, 0.15) is 24.2 Å². The van der Waals surface area contributed by atoms with Gasteiger partial charge in [0.1, 0.15) is 5.82 Å². The van der Waals surface area contributed by atoms with Crippen LogP contribution in [0.3, 0.4) is 0 Å². The molecule has 120 valence electrons. The van der Waals surface area contributed by atoms with Gasteiger partial charge in [0.2, 0.25) is 0 Å². The van der Waals surface area contributed by atoms with Crippen LogP contribution in [0.25, 0.3) is 11.0 Å². The van der Waals surface area contributed by atoms with Gasteiger partial charge in [0, 0.05) is 13.5 Å². The molecule has 0 fully saturated rings. The summed E-state index contributed by atoms with van der Waals surface area (Å²) in [5.41, 5.74) is 3.74. The Labute approximate surface area is 138 Å². The largest absolute Gasteiger partial charge is 0.331 e. The Kier molecular flexibility index (Phi) is 5.43. The van der Waals surface area contributed by atoms with Crippen molar-refractivity contribution in [1.82, 2.24) is 14.9 Å². The number of imidazole rings is 1. The first-order chi connectivity index (χ1) is 11.3. The van der Waals surface area contributed by atoms with E-state index in [1.165, 1.54) is 23.3 Å². The van der Waals surface area contributed by atoms with Crippen LogP contribution >= 0.6 is 0 Å². The van der Waals surface area contributed by atoms with E-state index in [0.717, 1.165) is 37.9 Å². The molecule has 0 aliphatic carbocycles. The lowest BCUT2D eigenvalue weighted by atomic mass is 10.1. The van der Waals surface area contributed by atoms with Crippen LogP contribution < -0.4 is 5.32 Å². The maximum Gasteiger partial charge on any atom is 0.109 e. The highest BCUT2D eigenvalue weighted by Gasteiger charge is 2.06. The van der Waals surface area contributed by atoms with E-state index in [1.807, 2.05) is 6.07 Å². The molecule has 3 aromatic rings. The monoisotopic (exact) mass is 307 g/mol. The molecule has 0 bridgehead atoms. The number of nitrogens with one attached hydrogen (secondary N) is 1. The first-order valence-electron chi connectivity index (χ1n) is 8.49. The van der Waals surface area contributed by atoms with E-state index in [4.69, 9.17) is 4.98 Å². The van der Waals surface area contributed by atoms with Crippen molar-refractivity contribution < 1.29 is 0 Å². The fourth-order valence-corrected chi connectivity index (χ4v) is 2.98. The molecule has 3 nitrogen and oxygen atoms in total. The minimum atomic E-state index is 1.02. The van der Waals surface area contributed by atoms with E-state index in [9.17, 15) is 0 Å². The van der Waals surface area contributed by atoms with Crippen LogP contribution in [0.2, 0.25) is 0 Å². The van der Waals surface area contributed by atoms with Gasteiger partial charge in [-0.3, -0.25) is 0 Å². The average molecular weight is 307 g/mol. The molecule has 0 saturated heterocycles. The SMILES string of the molecule is Cn1c(CCCNCCCc2ccccc2)nc2ccccc21. The summed E-state index contributed by atoms with van der Waals surface area (Å²) in [6, 6.07) is 19.0. The molecule has 0 amide bonds. The van der Waals surface area contributed by atoms with Crippen molar-refractivity contribution >= 4 is 11.0 Å². The third-order valence-electron chi connectivity index (χ3n) is 4.30. The lowest BCUT2D eigenvalue weighted by Crippen LogP contribution is -2.18. The number of benzene rings is 2. The van der Waals surface area contributed by atoms with Crippen LogP contribution in [0.5, 0.6) is 0 Å². The zero-order chi connectivity index (χ0) is 15.9. The molecule has 1 aromatic heterocycles. The van der Waals surface area contributed by atoms with E-state index < -0.39 is 0 Å². The fraction of sp³-hybridized carbons (Fsp3) is 0.350. The molecule has 0 spiro atoms. The summed E-state index contributed by atoms with van der Waals surface area (Å²) >= 11 is 0. The summed E-state index contributed by atoms with van der Waals surface area (Å²) in [5.74, 6) is 1.18. The lowest BCUT2D eigenvalue weighted by Gasteiger charge is -2.05. The lowest BCUT2D eigenvalue weighted by molar-refractivity contribution is 0.610. The van der Waals surface area contributed by atoms with Gasteiger partial charge in [-0.15, -0.1) is 0 Å². The Balaban J connectivity index is 1.36. The summed E-state index contributed by atoms with van der Waals surface area (Å²) < 4.78 is 2.21. The average Bonchev–Trinajstić information content (AvgIpc) is 2.91. The van der Waals surface area contributed by atoms with E-state index in [1.54, 1.807) is 0 Å². The second-order valence-corrected chi connectivity index (χ2v) is 6.02. The smallest absolute Gasteiger partial charge is 0.109 e. The number of aryl methyl sites for hydroxylation is 3.